The quantitative estimate of drug-likeness (QED) is 0.163. The first kappa shape index (κ1) is 30.2. The van der Waals surface area contributed by atoms with Gasteiger partial charge in [-0.05, 0) is 50.2 Å². The molecule has 208 valence electrons. The molecule has 1 aliphatic heterocycles. The Morgan fingerprint density at radius 3 is 1.76 bits per heavy atom. The van der Waals surface area contributed by atoms with Gasteiger partial charge in [-0.3, -0.25) is 9.69 Å². The van der Waals surface area contributed by atoms with Gasteiger partial charge in [0.2, 0.25) is 0 Å². The van der Waals surface area contributed by atoms with Crippen LogP contribution in [0.1, 0.15) is 101 Å². The number of benzene rings is 2. The van der Waals surface area contributed by atoms with Crippen molar-refractivity contribution in [1.29, 1.82) is 0 Å². The van der Waals surface area contributed by atoms with Crippen molar-refractivity contribution >= 4 is 23.5 Å². The zero-order valence-corrected chi connectivity index (χ0v) is 24.4. The summed E-state index contributed by atoms with van der Waals surface area (Å²) in [5.74, 6) is -0.254. The van der Waals surface area contributed by atoms with E-state index >= 15 is 0 Å². The molecule has 6 heteroatoms. The van der Waals surface area contributed by atoms with Gasteiger partial charge in [0.1, 0.15) is 0 Å². The Morgan fingerprint density at radius 2 is 1.24 bits per heavy atom. The van der Waals surface area contributed by atoms with Gasteiger partial charge in [-0.25, -0.2) is 9.69 Å². The number of halogens is 1. The summed E-state index contributed by atoms with van der Waals surface area (Å²) < 4.78 is 0. The van der Waals surface area contributed by atoms with Crippen molar-refractivity contribution < 1.29 is 9.59 Å². The summed E-state index contributed by atoms with van der Waals surface area (Å²) in [6, 6.07) is 14.6. The smallest absolute Gasteiger partial charge is 0.315 e. The molecule has 3 rings (SSSR count). The summed E-state index contributed by atoms with van der Waals surface area (Å²) in [6.45, 7) is 5.39. The number of carbonyl (C=O) groups excluding carboxylic acids is 2. The van der Waals surface area contributed by atoms with Gasteiger partial charge in [0, 0.05) is 5.02 Å². The molecule has 2 aromatic carbocycles. The summed E-state index contributed by atoms with van der Waals surface area (Å²) in [6.07, 6.45) is 15.7. The van der Waals surface area contributed by atoms with Crippen LogP contribution in [0, 0.1) is 6.92 Å². The van der Waals surface area contributed by atoms with Crippen LogP contribution in [0.5, 0.6) is 0 Å². The van der Waals surface area contributed by atoms with E-state index in [1.807, 2.05) is 50.4 Å². The van der Waals surface area contributed by atoms with E-state index in [1.54, 1.807) is 12.1 Å². The van der Waals surface area contributed by atoms with E-state index in [-0.39, 0.29) is 18.6 Å². The number of urea groups is 1. The van der Waals surface area contributed by atoms with Crippen LogP contribution < -0.4 is 5.32 Å². The van der Waals surface area contributed by atoms with Crippen LogP contribution in [0.25, 0.3) is 0 Å². The van der Waals surface area contributed by atoms with Crippen molar-refractivity contribution in [3.8, 4) is 0 Å². The molecule has 5 nitrogen and oxygen atoms in total. The Kier molecular flexibility index (Phi) is 12.1. The third kappa shape index (κ3) is 8.07. The Labute approximate surface area is 234 Å². The number of carbonyl (C=O) groups is 2. The van der Waals surface area contributed by atoms with Crippen LogP contribution in [-0.4, -0.2) is 42.0 Å². The molecule has 0 bridgehead atoms. The first-order valence-electron chi connectivity index (χ1n) is 14.5. The van der Waals surface area contributed by atoms with Gasteiger partial charge >= 0.3 is 6.03 Å². The van der Waals surface area contributed by atoms with Crippen LogP contribution in [0.15, 0.2) is 48.5 Å². The monoisotopic (exact) mass is 539 g/mol. The average molecular weight is 540 g/mol. The number of unbranched alkanes of at least 4 members (excludes halogenated alkanes) is 11. The summed E-state index contributed by atoms with van der Waals surface area (Å²) in [5.41, 5.74) is 1.28. The average Bonchev–Trinajstić information content (AvgIpc) is 3.15. The number of imide groups is 1. The number of rotatable bonds is 17. The molecule has 38 heavy (non-hydrogen) atoms. The van der Waals surface area contributed by atoms with E-state index in [9.17, 15) is 9.59 Å². The third-order valence-electron chi connectivity index (χ3n) is 7.64. The summed E-state index contributed by atoms with van der Waals surface area (Å²) in [5, 5.41) is 3.61. The minimum Gasteiger partial charge on any atom is -0.315 e. The maximum Gasteiger partial charge on any atom is 0.326 e. The maximum atomic E-state index is 13.9. The van der Waals surface area contributed by atoms with E-state index < -0.39 is 5.54 Å². The Hall–Kier alpha value is -2.37. The van der Waals surface area contributed by atoms with Crippen LogP contribution >= 0.6 is 11.6 Å². The highest BCUT2D eigenvalue weighted by atomic mass is 35.5. The first-order chi connectivity index (χ1) is 18.4. The number of hydrogen-bond donors (Lipinski definition) is 1. The third-order valence-corrected chi connectivity index (χ3v) is 7.90. The van der Waals surface area contributed by atoms with E-state index in [1.165, 1.54) is 75.5 Å². The van der Waals surface area contributed by atoms with Gasteiger partial charge in [0.15, 0.2) is 5.54 Å². The van der Waals surface area contributed by atoms with Crippen molar-refractivity contribution in [2.24, 2.45) is 0 Å². The van der Waals surface area contributed by atoms with E-state index in [4.69, 9.17) is 11.6 Å². The van der Waals surface area contributed by atoms with Crippen molar-refractivity contribution in [3.05, 3.63) is 70.2 Å². The van der Waals surface area contributed by atoms with Gasteiger partial charge in [-0.15, -0.1) is 0 Å². The molecule has 2 aromatic rings. The normalized spacial score (nSPS) is 17.4. The largest absolute Gasteiger partial charge is 0.326 e. The van der Waals surface area contributed by atoms with Gasteiger partial charge < -0.3 is 5.32 Å². The first-order valence-corrected chi connectivity index (χ1v) is 14.9. The Morgan fingerprint density at radius 1 is 0.763 bits per heavy atom. The van der Waals surface area contributed by atoms with Gasteiger partial charge in [0.25, 0.3) is 5.91 Å². The fourth-order valence-corrected chi connectivity index (χ4v) is 5.43. The Balaban J connectivity index is 1.49. The number of hydrogen-bond acceptors (Lipinski definition) is 3. The zero-order valence-electron chi connectivity index (χ0n) is 23.6. The van der Waals surface area contributed by atoms with Crippen LogP contribution in [-0.2, 0) is 10.3 Å². The molecular weight excluding hydrogens is 494 g/mol. The lowest BCUT2D eigenvalue weighted by Crippen LogP contribution is -2.46. The Bertz CT molecular complexity index is 961. The maximum absolute atomic E-state index is 13.9. The van der Waals surface area contributed by atoms with Crippen molar-refractivity contribution in [1.82, 2.24) is 15.1 Å². The summed E-state index contributed by atoms with van der Waals surface area (Å²) in [4.78, 5) is 30.4. The molecule has 0 radical (unpaired) electrons. The fourth-order valence-electron chi connectivity index (χ4n) is 5.30. The highest BCUT2D eigenvalue weighted by Crippen LogP contribution is 2.36. The van der Waals surface area contributed by atoms with Crippen molar-refractivity contribution in [2.45, 2.75) is 96.4 Å². The van der Waals surface area contributed by atoms with Crippen molar-refractivity contribution in [2.75, 3.05) is 20.3 Å². The number of nitrogens with one attached hydrogen (secondary N) is 1. The lowest BCUT2D eigenvalue weighted by Gasteiger charge is -2.29. The molecule has 0 saturated carbocycles. The van der Waals surface area contributed by atoms with Crippen molar-refractivity contribution in [3.63, 3.8) is 0 Å². The van der Waals surface area contributed by atoms with E-state index in [2.05, 4.69) is 17.1 Å². The SMILES string of the molecule is CCCCCCCCCCCCCCN(C)CN1C(=O)NC(c2ccc(C)cc2)(c2ccc(Cl)cc2)C1=O. The molecule has 0 aromatic heterocycles. The number of aryl methyl sites for hydroxylation is 1. The highest BCUT2D eigenvalue weighted by molar-refractivity contribution is 6.30. The predicted molar refractivity (Wildman–Crippen MR) is 157 cm³/mol. The molecule has 1 unspecified atom stereocenters. The number of amides is 3. The molecule has 1 fully saturated rings. The molecule has 1 aliphatic rings. The molecule has 0 spiro atoms. The standard InChI is InChI=1S/C32H46ClN3O2/c1-4-5-6-7-8-9-10-11-12-13-14-15-24-35(3)25-36-30(37)32(34-31(36)38,27-18-16-26(2)17-19-27)28-20-22-29(33)23-21-28/h16-23H,4-15,24-25H2,1-3H3,(H,34,38). The number of nitrogens with zero attached hydrogens (tertiary/aromatic N) is 2. The van der Waals surface area contributed by atoms with Gasteiger partial charge in [0.05, 0.1) is 6.67 Å². The zero-order chi connectivity index (χ0) is 27.4. The second kappa shape index (κ2) is 15.3. The lowest BCUT2D eigenvalue weighted by molar-refractivity contribution is -0.131. The second-order valence-corrected chi connectivity index (χ2v) is 11.3. The molecule has 1 saturated heterocycles. The molecule has 0 aliphatic carbocycles. The summed E-state index contributed by atoms with van der Waals surface area (Å²) in [7, 11) is 1.98. The molecule has 3 amide bonds. The van der Waals surface area contributed by atoms with Gasteiger partial charge in [-0.2, -0.15) is 0 Å². The second-order valence-electron chi connectivity index (χ2n) is 10.9. The summed E-state index contributed by atoms with van der Waals surface area (Å²) >= 11 is 6.13. The lowest BCUT2D eigenvalue weighted by atomic mass is 9.82. The van der Waals surface area contributed by atoms with Crippen LogP contribution in [0.2, 0.25) is 5.02 Å². The molecular formula is C32H46ClN3O2. The molecule has 1 N–H and O–H groups in total. The van der Waals surface area contributed by atoms with Gasteiger partial charge in [-0.1, -0.05) is 131 Å². The van der Waals surface area contributed by atoms with Crippen LogP contribution in [0.3, 0.4) is 0 Å². The molecule has 1 heterocycles. The van der Waals surface area contributed by atoms with E-state index in [0.717, 1.165) is 24.1 Å². The minimum absolute atomic E-state index is 0.254. The fraction of sp³-hybridized carbons (Fsp3) is 0.562. The van der Waals surface area contributed by atoms with E-state index in [0.29, 0.717) is 10.6 Å². The predicted octanol–water partition coefficient (Wildman–Crippen LogP) is 8.03. The molecule has 1 atom stereocenters. The van der Waals surface area contributed by atoms with Crippen LogP contribution in [0.4, 0.5) is 4.79 Å². The topological polar surface area (TPSA) is 52.6 Å². The highest BCUT2D eigenvalue weighted by Gasteiger charge is 2.53. The minimum atomic E-state index is -1.26.